The quantitative estimate of drug-likeness (QED) is 0.655. The second-order valence-electron chi connectivity index (χ2n) is 4.22. The molecular weight excluding hydrogens is 248 g/mol. The van der Waals surface area contributed by atoms with E-state index in [2.05, 4.69) is 4.90 Å². The van der Waals surface area contributed by atoms with Gasteiger partial charge in [0.2, 0.25) is 0 Å². The van der Waals surface area contributed by atoms with Crippen molar-refractivity contribution < 1.29 is 9.53 Å². The fraction of sp³-hybridized carbons (Fsp3) is 0.462. The summed E-state index contributed by atoms with van der Waals surface area (Å²) in [5.41, 5.74) is 8.23. The second-order valence-corrected chi connectivity index (χ2v) is 5.44. The van der Waals surface area contributed by atoms with Crippen molar-refractivity contribution in [3.8, 4) is 0 Å². The Labute approximate surface area is 111 Å². The van der Waals surface area contributed by atoms with Crippen LogP contribution in [0.2, 0.25) is 0 Å². The number of benzene rings is 1. The van der Waals surface area contributed by atoms with Crippen molar-refractivity contribution in [1.82, 2.24) is 0 Å². The van der Waals surface area contributed by atoms with Crippen LogP contribution in [0.1, 0.15) is 16.8 Å². The molecule has 1 aliphatic heterocycles. The van der Waals surface area contributed by atoms with Crippen molar-refractivity contribution in [2.45, 2.75) is 6.42 Å². The molecular formula is C13H18N2O2S. The number of nitrogens with two attached hydrogens (primary N) is 1. The van der Waals surface area contributed by atoms with Crippen LogP contribution in [0.15, 0.2) is 18.2 Å². The minimum atomic E-state index is -0.319. The SMILES string of the molecule is COC(=O)c1ccc(N)c(N2CCCSCC2)c1. The average molecular weight is 266 g/mol. The van der Waals surface area contributed by atoms with Gasteiger partial charge in [0.1, 0.15) is 0 Å². The Balaban J connectivity index is 2.27. The predicted octanol–water partition coefficient (Wildman–Crippen LogP) is 2.00. The average Bonchev–Trinajstić information content (AvgIpc) is 2.67. The number of methoxy groups -OCH3 is 1. The van der Waals surface area contributed by atoms with Gasteiger partial charge in [0.15, 0.2) is 0 Å². The van der Waals surface area contributed by atoms with Crippen LogP contribution >= 0.6 is 11.8 Å². The van der Waals surface area contributed by atoms with E-state index in [0.29, 0.717) is 5.56 Å². The zero-order chi connectivity index (χ0) is 13.0. The molecule has 1 fully saturated rings. The highest BCUT2D eigenvalue weighted by Gasteiger charge is 2.15. The topological polar surface area (TPSA) is 55.6 Å². The summed E-state index contributed by atoms with van der Waals surface area (Å²) in [6.45, 7) is 1.96. The van der Waals surface area contributed by atoms with Gasteiger partial charge in [-0.3, -0.25) is 0 Å². The van der Waals surface area contributed by atoms with Crippen molar-refractivity contribution >= 4 is 29.1 Å². The fourth-order valence-electron chi connectivity index (χ4n) is 2.05. The first-order valence-electron chi connectivity index (χ1n) is 6.03. The maximum absolute atomic E-state index is 11.5. The second kappa shape index (κ2) is 6.00. The van der Waals surface area contributed by atoms with Crippen molar-refractivity contribution in [2.75, 3.05) is 42.3 Å². The van der Waals surface area contributed by atoms with Gasteiger partial charge >= 0.3 is 5.97 Å². The van der Waals surface area contributed by atoms with E-state index < -0.39 is 0 Å². The zero-order valence-corrected chi connectivity index (χ0v) is 11.3. The van der Waals surface area contributed by atoms with Gasteiger partial charge in [-0.2, -0.15) is 11.8 Å². The fourth-order valence-corrected chi connectivity index (χ4v) is 2.94. The van der Waals surface area contributed by atoms with Gasteiger partial charge in [-0.05, 0) is 30.4 Å². The van der Waals surface area contributed by atoms with Crippen LogP contribution in [-0.2, 0) is 4.74 Å². The van der Waals surface area contributed by atoms with Crippen LogP contribution < -0.4 is 10.6 Å². The molecule has 0 spiro atoms. The number of thioether (sulfide) groups is 1. The van der Waals surface area contributed by atoms with Crippen LogP contribution in [0, 0.1) is 0 Å². The summed E-state index contributed by atoms with van der Waals surface area (Å²) in [6, 6.07) is 5.31. The number of nitrogen functional groups attached to an aromatic ring is 1. The maximum atomic E-state index is 11.5. The van der Waals surface area contributed by atoms with Crippen LogP contribution in [-0.4, -0.2) is 37.7 Å². The van der Waals surface area contributed by atoms with Crippen molar-refractivity contribution in [2.24, 2.45) is 0 Å². The van der Waals surface area contributed by atoms with Crippen LogP contribution in [0.25, 0.3) is 0 Å². The zero-order valence-electron chi connectivity index (χ0n) is 10.5. The van der Waals surface area contributed by atoms with E-state index in [-0.39, 0.29) is 5.97 Å². The standard InChI is InChI=1S/C13H18N2O2S/c1-17-13(16)10-3-4-11(14)12(9-10)15-5-2-7-18-8-6-15/h3-4,9H,2,5-8,14H2,1H3. The minimum Gasteiger partial charge on any atom is -0.465 e. The summed E-state index contributed by atoms with van der Waals surface area (Å²) in [5.74, 6) is 1.97. The molecule has 1 saturated heterocycles. The van der Waals surface area contributed by atoms with E-state index in [1.54, 1.807) is 12.1 Å². The Morgan fingerprint density at radius 2 is 2.22 bits per heavy atom. The lowest BCUT2D eigenvalue weighted by Crippen LogP contribution is -2.26. The molecule has 0 atom stereocenters. The summed E-state index contributed by atoms with van der Waals surface area (Å²) in [6.07, 6.45) is 1.15. The van der Waals surface area contributed by atoms with Gasteiger partial charge in [0.05, 0.1) is 24.0 Å². The number of hydrogen-bond acceptors (Lipinski definition) is 5. The normalized spacial score (nSPS) is 16.2. The number of anilines is 2. The first-order valence-corrected chi connectivity index (χ1v) is 7.18. The molecule has 0 bridgehead atoms. The highest BCUT2D eigenvalue weighted by Crippen LogP contribution is 2.27. The Bertz CT molecular complexity index is 429. The molecule has 2 N–H and O–H groups in total. The van der Waals surface area contributed by atoms with Gasteiger partial charge in [-0.1, -0.05) is 0 Å². The number of rotatable bonds is 2. The number of hydrogen-bond donors (Lipinski definition) is 1. The third-order valence-electron chi connectivity index (χ3n) is 3.01. The molecule has 0 aliphatic carbocycles. The van der Waals surface area contributed by atoms with Crippen LogP contribution in [0.4, 0.5) is 11.4 Å². The number of ether oxygens (including phenoxy) is 1. The van der Waals surface area contributed by atoms with Gasteiger partial charge < -0.3 is 15.4 Å². The highest BCUT2D eigenvalue weighted by atomic mass is 32.2. The van der Waals surface area contributed by atoms with Gasteiger partial charge in [-0.15, -0.1) is 0 Å². The molecule has 0 saturated carbocycles. The summed E-state index contributed by atoms with van der Waals surface area (Å²) in [4.78, 5) is 13.8. The molecule has 18 heavy (non-hydrogen) atoms. The van der Waals surface area contributed by atoms with E-state index >= 15 is 0 Å². The molecule has 0 unspecified atom stereocenters. The Morgan fingerprint density at radius 3 is 3.00 bits per heavy atom. The van der Waals surface area contributed by atoms with Gasteiger partial charge in [-0.25, -0.2) is 4.79 Å². The van der Waals surface area contributed by atoms with Gasteiger partial charge in [0.25, 0.3) is 0 Å². The maximum Gasteiger partial charge on any atom is 0.337 e. The lowest BCUT2D eigenvalue weighted by molar-refractivity contribution is 0.0601. The molecule has 1 aromatic rings. The molecule has 0 aromatic heterocycles. The van der Waals surface area contributed by atoms with E-state index in [1.165, 1.54) is 12.9 Å². The number of carbonyl (C=O) groups is 1. The Kier molecular flexibility index (Phi) is 4.36. The first-order chi connectivity index (χ1) is 8.72. The van der Waals surface area contributed by atoms with Crippen LogP contribution in [0.3, 0.4) is 0 Å². The monoisotopic (exact) mass is 266 g/mol. The lowest BCUT2D eigenvalue weighted by atomic mass is 10.1. The summed E-state index contributed by atoms with van der Waals surface area (Å²) in [7, 11) is 1.39. The molecule has 1 heterocycles. The molecule has 1 aliphatic rings. The predicted molar refractivity (Wildman–Crippen MR) is 76.3 cm³/mol. The molecule has 0 radical (unpaired) electrons. The molecule has 2 rings (SSSR count). The lowest BCUT2D eigenvalue weighted by Gasteiger charge is -2.24. The van der Waals surface area contributed by atoms with E-state index in [4.69, 9.17) is 10.5 Å². The number of nitrogens with zero attached hydrogens (tertiary/aromatic N) is 1. The van der Waals surface area contributed by atoms with E-state index in [9.17, 15) is 4.79 Å². The minimum absolute atomic E-state index is 0.319. The van der Waals surface area contributed by atoms with Crippen LogP contribution in [0.5, 0.6) is 0 Å². The van der Waals surface area contributed by atoms with E-state index in [0.717, 1.165) is 36.6 Å². The largest absolute Gasteiger partial charge is 0.465 e. The molecule has 0 amide bonds. The molecule has 98 valence electrons. The van der Waals surface area contributed by atoms with Gasteiger partial charge in [0, 0.05) is 18.8 Å². The highest BCUT2D eigenvalue weighted by molar-refractivity contribution is 7.99. The van der Waals surface area contributed by atoms with Crippen molar-refractivity contribution in [1.29, 1.82) is 0 Å². The summed E-state index contributed by atoms with van der Waals surface area (Å²) < 4.78 is 4.74. The summed E-state index contributed by atoms with van der Waals surface area (Å²) in [5, 5.41) is 0. The first kappa shape index (κ1) is 13.1. The molecule has 4 nitrogen and oxygen atoms in total. The molecule has 1 aromatic carbocycles. The molecule has 5 heteroatoms. The smallest absolute Gasteiger partial charge is 0.337 e. The third kappa shape index (κ3) is 2.90. The Hall–Kier alpha value is -1.36. The third-order valence-corrected chi connectivity index (χ3v) is 4.06. The summed E-state index contributed by atoms with van der Waals surface area (Å²) >= 11 is 1.96. The number of esters is 1. The number of carbonyl (C=O) groups excluding carboxylic acids is 1. The van der Waals surface area contributed by atoms with Crippen molar-refractivity contribution in [3.63, 3.8) is 0 Å². The van der Waals surface area contributed by atoms with Crippen molar-refractivity contribution in [3.05, 3.63) is 23.8 Å². The van der Waals surface area contributed by atoms with E-state index in [1.807, 2.05) is 17.8 Å². The Morgan fingerprint density at radius 1 is 1.39 bits per heavy atom.